The summed E-state index contributed by atoms with van der Waals surface area (Å²) in [7, 11) is 0. The van der Waals surface area contributed by atoms with Crippen molar-refractivity contribution in [1.82, 2.24) is 15.1 Å². The summed E-state index contributed by atoms with van der Waals surface area (Å²) in [6, 6.07) is -1.01. The van der Waals surface area contributed by atoms with Crippen molar-refractivity contribution in [3.63, 3.8) is 0 Å². The van der Waals surface area contributed by atoms with E-state index >= 15 is 0 Å². The van der Waals surface area contributed by atoms with Crippen molar-refractivity contribution in [2.45, 2.75) is 57.7 Å². The first kappa shape index (κ1) is 14.8. The van der Waals surface area contributed by atoms with Crippen molar-refractivity contribution in [1.29, 1.82) is 0 Å². The molecule has 3 atom stereocenters. The fraction of sp³-hybridized carbons (Fsp3) is 0.714. The van der Waals surface area contributed by atoms with Gasteiger partial charge in [0.2, 0.25) is 12.3 Å². The Hall–Kier alpha value is -2.12. The number of aromatic nitrogens is 2. The maximum Gasteiger partial charge on any atom is 0.411 e. The van der Waals surface area contributed by atoms with E-state index in [1.165, 1.54) is 11.3 Å². The zero-order valence-corrected chi connectivity index (χ0v) is 12.8. The number of likely N-dealkylation sites (tertiary alicyclic amines) is 1. The maximum atomic E-state index is 12.3. The molecule has 1 aliphatic heterocycles. The molecule has 120 valence electrons. The van der Waals surface area contributed by atoms with Crippen LogP contribution >= 0.6 is 0 Å². The lowest BCUT2D eigenvalue weighted by atomic mass is 9.96. The third-order valence-corrected chi connectivity index (χ3v) is 4.22. The van der Waals surface area contributed by atoms with Gasteiger partial charge in [0.1, 0.15) is 11.6 Å². The van der Waals surface area contributed by atoms with Gasteiger partial charge in [-0.2, -0.15) is 0 Å². The molecule has 0 aromatic carbocycles. The van der Waals surface area contributed by atoms with E-state index in [0.29, 0.717) is 18.7 Å². The number of hydrogen-bond donors (Lipinski definition) is 1. The number of fused-ring (bicyclic) bond motifs is 1. The molecule has 1 aromatic rings. The van der Waals surface area contributed by atoms with Crippen LogP contribution in [0.25, 0.3) is 0 Å². The number of ether oxygens (including phenoxy) is 1. The minimum atomic E-state index is -1.01. The second kappa shape index (κ2) is 4.69. The Morgan fingerprint density at radius 2 is 2.23 bits per heavy atom. The number of rotatable bonds is 3. The average molecular weight is 309 g/mol. The molecule has 1 amide bonds. The molecule has 1 aliphatic carbocycles. The summed E-state index contributed by atoms with van der Waals surface area (Å²) in [5, 5.41) is 16.9. The van der Waals surface area contributed by atoms with Crippen LogP contribution < -0.4 is 0 Å². The molecule has 8 heteroatoms. The highest BCUT2D eigenvalue weighted by molar-refractivity contribution is 5.82. The maximum absolute atomic E-state index is 12.3. The molecule has 22 heavy (non-hydrogen) atoms. The Labute approximate surface area is 127 Å². The van der Waals surface area contributed by atoms with Gasteiger partial charge >= 0.3 is 12.1 Å². The van der Waals surface area contributed by atoms with Gasteiger partial charge in [-0.1, -0.05) is 0 Å². The Bertz CT molecular complexity index is 594. The Morgan fingerprint density at radius 1 is 1.50 bits per heavy atom. The summed E-state index contributed by atoms with van der Waals surface area (Å²) in [5.74, 6) is -0.541. The molecule has 2 fully saturated rings. The summed E-state index contributed by atoms with van der Waals surface area (Å²) in [4.78, 5) is 25.2. The third-order valence-electron chi connectivity index (χ3n) is 4.22. The highest BCUT2D eigenvalue weighted by atomic mass is 16.6. The lowest BCUT2D eigenvalue weighted by Crippen LogP contribution is -2.45. The molecule has 3 rings (SSSR count). The minimum absolute atomic E-state index is 0.143. The quantitative estimate of drug-likeness (QED) is 0.901. The van der Waals surface area contributed by atoms with Crippen LogP contribution in [-0.4, -0.2) is 50.0 Å². The average Bonchev–Trinajstić information content (AvgIpc) is 2.74. The van der Waals surface area contributed by atoms with E-state index in [0.717, 1.165) is 6.42 Å². The van der Waals surface area contributed by atoms with Gasteiger partial charge in [0.05, 0.1) is 0 Å². The highest BCUT2D eigenvalue weighted by Crippen LogP contribution is 2.61. The second-order valence-electron chi connectivity index (χ2n) is 7.04. The SMILES string of the molecule is CC(C)(C)OC(=O)N1[C@H](C(=O)O)C[C@@]2(Cc3nnco3)C[C@@H]12. The molecule has 1 saturated heterocycles. The van der Waals surface area contributed by atoms with E-state index in [-0.39, 0.29) is 11.5 Å². The molecule has 2 heterocycles. The molecule has 1 saturated carbocycles. The van der Waals surface area contributed by atoms with Gasteiger partial charge in [-0.3, -0.25) is 4.90 Å². The van der Waals surface area contributed by atoms with Crippen molar-refractivity contribution in [2.24, 2.45) is 5.41 Å². The Kier molecular flexibility index (Phi) is 3.15. The number of hydrogen-bond acceptors (Lipinski definition) is 6. The number of aliphatic carboxylic acids is 1. The fourth-order valence-electron chi connectivity index (χ4n) is 3.25. The topological polar surface area (TPSA) is 106 Å². The number of nitrogens with zero attached hydrogens (tertiary/aromatic N) is 3. The largest absolute Gasteiger partial charge is 0.480 e. The van der Waals surface area contributed by atoms with Crippen LogP contribution in [0, 0.1) is 5.41 Å². The van der Waals surface area contributed by atoms with Crippen LogP contribution in [0.3, 0.4) is 0 Å². The number of carboxylic acids is 1. The molecule has 1 aromatic heterocycles. The normalized spacial score (nSPS) is 30.0. The fourth-order valence-corrected chi connectivity index (χ4v) is 3.25. The van der Waals surface area contributed by atoms with E-state index in [1.54, 1.807) is 20.8 Å². The molecule has 0 radical (unpaired) electrons. The lowest BCUT2D eigenvalue weighted by Gasteiger charge is -2.28. The number of carboxylic acid groups (broad SMARTS) is 1. The molecule has 8 nitrogen and oxygen atoms in total. The number of piperidine rings is 1. The van der Waals surface area contributed by atoms with E-state index in [4.69, 9.17) is 9.15 Å². The molecule has 2 aliphatic rings. The standard InChI is InChI=1S/C14H19N3O5/c1-13(2,3)22-12(20)17-8(11(18)19)4-14(5-9(14)17)6-10-16-15-7-21-10/h7-9H,4-6H2,1-3H3,(H,18,19)/t8-,9+,14-/m0/s1. The summed E-state index contributed by atoms with van der Waals surface area (Å²) >= 11 is 0. The first-order chi connectivity index (χ1) is 10.2. The molecule has 0 spiro atoms. The first-order valence-electron chi connectivity index (χ1n) is 7.21. The van der Waals surface area contributed by atoms with Crippen molar-refractivity contribution in [3.05, 3.63) is 12.3 Å². The molecular weight excluding hydrogens is 290 g/mol. The van der Waals surface area contributed by atoms with Crippen LogP contribution in [0.1, 0.15) is 39.5 Å². The van der Waals surface area contributed by atoms with Crippen molar-refractivity contribution < 1.29 is 23.8 Å². The van der Waals surface area contributed by atoms with Gasteiger partial charge in [0.25, 0.3) is 0 Å². The zero-order chi connectivity index (χ0) is 16.1. The van der Waals surface area contributed by atoms with Crippen LogP contribution in [-0.2, 0) is 16.0 Å². The summed E-state index contributed by atoms with van der Waals surface area (Å²) in [6.07, 6.45) is 2.28. The smallest absolute Gasteiger partial charge is 0.411 e. The molecule has 1 N–H and O–H groups in total. The number of carbonyl (C=O) groups excluding carboxylic acids is 1. The van der Waals surface area contributed by atoms with Crippen LogP contribution in [0.2, 0.25) is 0 Å². The van der Waals surface area contributed by atoms with E-state index in [1.807, 2.05) is 0 Å². The van der Waals surface area contributed by atoms with E-state index in [2.05, 4.69) is 10.2 Å². The van der Waals surface area contributed by atoms with Crippen molar-refractivity contribution >= 4 is 12.1 Å². The molecule has 0 unspecified atom stereocenters. The molecule has 0 bridgehead atoms. The monoisotopic (exact) mass is 309 g/mol. The van der Waals surface area contributed by atoms with Gasteiger partial charge in [-0.05, 0) is 33.6 Å². The van der Waals surface area contributed by atoms with Crippen molar-refractivity contribution in [3.8, 4) is 0 Å². The predicted molar refractivity (Wildman–Crippen MR) is 73.0 cm³/mol. The highest BCUT2D eigenvalue weighted by Gasteiger charge is 2.68. The predicted octanol–water partition coefficient (Wildman–Crippen LogP) is 1.46. The van der Waals surface area contributed by atoms with E-state index in [9.17, 15) is 14.7 Å². The first-order valence-corrected chi connectivity index (χ1v) is 7.21. The number of amides is 1. The second-order valence-corrected chi connectivity index (χ2v) is 7.04. The minimum Gasteiger partial charge on any atom is -0.480 e. The van der Waals surface area contributed by atoms with Gasteiger partial charge < -0.3 is 14.3 Å². The summed E-state index contributed by atoms with van der Waals surface area (Å²) < 4.78 is 10.5. The molecular formula is C14H19N3O5. The summed E-state index contributed by atoms with van der Waals surface area (Å²) in [5.41, 5.74) is -0.945. The van der Waals surface area contributed by atoms with Gasteiger partial charge in [0.15, 0.2) is 0 Å². The van der Waals surface area contributed by atoms with Gasteiger partial charge in [0, 0.05) is 17.9 Å². The van der Waals surface area contributed by atoms with Crippen LogP contribution in [0.4, 0.5) is 4.79 Å². The third kappa shape index (κ3) is 2.53. The Morgan fingerprint density at radius 3 is 2.77 bits per heavy atom. The van der Waals surface area contributed by atoms with Gasteiger partial charge in [-0.25, -0.2) is 9.59 Å². The summed E-state index contributed by atoms with van der Waals surface area (Å²) in [6.45, 7) is 5.28. The Balaban J connectivity index is 1.78. The zero-order valence-electron chi connectivity index (χ0n) is 12.8. The van der Waals surface area contributed by atoms with Gasteiger partial charge in [-0.15, -0.1) is 10.2 Å². The van der Waals surface area contributed by atoms with Crippen LogP contribution in [0.5, 0.6) is 0 Å². The number of carbonyl (C=O) groups is 2. The van der Waals surface area contributed by atoms with Crippen LogP contribution in [0.15, 0.2) is 10.8 Å². The lowest BCUT2D eigenvalue weighted by molar-refractivity contribution is -0.142. The van der Waals surface area contributed by atoms with E-state index < -0.39 is 23.7 Å². The van der Waals surface area contributed by atoms with Crippen molar-refractivity contribution in [2.75, 3.05) is 0 Å².